The van der Waals surface area contributed by atoms with Crippen molar-refractivity contribution in [3.63, 3.8) is 0 Å². The van der Waals surface area contributed by atoms with Gasteiger partial charge in [-0.2, -0.15) is 4.98 Å². The van der Waals surface area contributed by atoms with Gasteiger partial charge in [0.1, 0.15) is 0 Å². The molecule has 138 valence electrons. The average Bonchev–Trinajstić information content (AvgIpc) is 3.26. The predicted molar refractivity (Wildman–Crippen MR) is 98.7 cm³/mol. The third-order valence-electron chi connectivity index (χ3n) is 5.72. The van der Waals surface area contributed by atoms with Crippen LogP contribution in [0.4, 0.5) is 0 Å². The lowest BCUT2D eigenvalue weighted by atomic mass is 9.93. The number of carbonyl (C=O) groups is 1. The lowest BCUT2D eigenvalue weighted by molar-refractivity contribution is 0.0918. The molecule has 1 atom stereocenters. The monoisotopic (exact) mass is 354 g/mol. The van der Waals surface area contributed by atoms with Gasteiger partial charge in [0.25, 0.3) is 5.91 Å². The largest absolute Gasteiger partial charge is 0.348 e. The van der Waals surface area contributed by atoms with Crippen molar-refractivity contribution in [3.05, 3.63) is 35.7 Å². The van der Waals surface area contributed by atoms with Crippen LogP contribution in [0.1, 0.15) is 48.9 Å². The molecule has 6 nitrogen and oxygen atoms in total. The summed E-state index contributed by atoms with van der Waals surface area (Å²) in [7, 11) is 0. The second-order valence-electron chi connectivity index (χ2n) is 7.89. The Morgan fingerprint density at radius 1 is 1.23 bits per heavy atom. The summed E-state index contributed by atoms with van der Waals surface area (Å²) in [5.41, 5.74) is 2.19. The van der Waals surface area contributed by atoms with Gasteiger partial charge in [-0.15, -0.1) is 0 Å². The van der Waals surface area contributed by atoms with Crippen molar-refractivity contribution in [1.82, 2.24) is 20.4 Å². The molecule has 1 aliphatic carbocycles. The first kappa shape index (κ1) is 17.2. The minimum atomic E-state index is -0.0379. The van der Waals surface area contributed by atoms with Crippen LogP contribution in [0.2, 0.25) is 0 Å². The van der Waals surface area contributed by atoms with Gasteiger partial charge in [-0.3, -0.25) is 4.79 Å². The summed E-state index contributed by atoms with van der Waals surface area (Å²) in [6.45, 7) is 7.09. The fraction of sp³-hybridized carbons (Fsp3) is 0.550. The van der Waals surface area contributed by atoms with E-state index in [1.807, 2.05) is 12.1 Å². The number of benzene rings is 1. The van der Waals surface area contributed by atoms with E-state index in [1.165, 1.54) is 38.8 Å². The quantitative estimate of drug-likeness (QED) is 0.893. The molecule has 1 saturated carbocycles. The minimum Gasteiger partial charge on any atom is -0.348 e. The number of aromatic nitrogens is 2. The van der Waals surface area contributed by atoms with Crippen LogP contribution in [0.15, 0.2) is 28.8 Å². The summed E-state index contributed by atoms with van der Waals surface area (Å²) >= 11 is 0. The molecule has 1 saturated heterocycles. The topological polar surface area (TPSA) is 71.3 Å². The zero-order valence-corrected chi connectivity index (χ0v) is 15.5. The van der Waals surface area contributed by atoms with Crippen molar-refractivity contribution in [3.8, 4) is 11.4 Å². The highest BCUT2D eigenvalue weighted by Gasteiger charge is 2.44. The van der Waals surface area contributed by atoms with Crippen LogP contribution in [0, 0.1) is 12.3 Å². The van der Waals surface area contributed by atoms with E-state index in [0.29, 0.717) is 22.7 Å². The third kappa shape index (κ3) is 3.80. The normalized spacial score (nSPS) is 20.1. The molecule has 0 radical (unpaired) electrons. The van der Waals surface area contributed by atoms with Gasteiger partial charge in [-0.1, -0.05) is 17.3 Å². The van der Waals surface area contributed by atoms with E-state index in [-0.39, 0.29) is 11.9 Å². The second-order valence-corrected chi connectivity index (χ2v) is 7.89. The number of hydrogen-bond donors (Lipinski definition) is 1. The molecule has 26 heavy (non-hydrogen) atoms. The predicted octanol–water partition coefficient (Wildman–Crippen LogP) is 3.04. The maximum absolute atomic E-state index is 12.5. The summed E-state index contributed by atoms with van der Waals surface area (Å²) in [5.74, 6) is 1.03. The van der Waals surface area contributed by atoms with Gasteiger partial charge >= 0.3 is 0 Å². The summed E-state index contributed by atoms with van der Waals surface area (Å²) in [6.07, 6.45) is 5.49. The highest BCUT2D eigenvalue weighted by molar-refractivity contribution is 5.94. The van der Waals surface area contributed by atoms with Crippen LogP contribution >= 0.6 is 0 Å². The Morgan fingerprint density at radius 2 is 1.92 bits per heavy atom. The number of nitrogens with one attached hydrogen (secondary N) is 1. The molecule has 2 aliphatic rings. The van der Waals surface area contributed by atoms with Crippen LogP contribution in [0.5, 0.6) is 0 Å². The lowest BCUT2D eigenvalue weighted by Gasteiger charge is -2.33. The van der Waals surface area contributed by atoms with E-state index in [1.54, 1.807) is 19.1 Å². The standard InChI is InChI=1S/C20H26N4O2/c1-14(13-24-11-9-20(7-8-20)10-12-24)21-19(25)17-5-3-16(4-6-17)18-22-15(2)26-23-18/h3-6,14H,7-13H2,1-2H3,(H,21,25)/t14-/m1/s1. The summed E-state index contributed by atoms with van der Waals surface area (Å²) in [5, 5.41) is 7.01. The molecule has 0 unspecified atom stereocenters. The molecule has 1 aromatic carbocycles. The van der Waals surface area contributed by atoms with Crippen molar-refractivity contribution >= 4 is 5.91 Å². The highest BCUT2D eigenvalue weighted by Crippen LogP contribution is 2.53. The number of rotatable bonds is 5. The maximum atomic E-state index is 12.5. The summed E-state index contributed by atoms with van der Waals surface area (Å²) < 4.78 is 4.99. The van der Waals surface area contributed by atoms with Crippen molar-refractivity contribution in [2.24, 2.45) is 5.41 Å². The number of hydrogen-bond acceptors (Lipinski definition) is 5. The average molecular weight is 354 g/mol. The molecular weight excluding hydrogens is 328 g/mol. The molecule has 2 heterocycles. The fourth-order valence-corrected chi connectivity index (χ4v) is 3.81. The van der Waals surface area contributed by atoms with Crippen LogP contribution in [-0.2, 0) is 0 Å². The first-order chi connectivity index (χ1) is 12.5. The smallest absolute Gasteiger partial charge is 0.251 e. The van der Waals surface area contributed by atoms with E-state index >= 15 is 0 Å². The third-order valence-corrected chi connectivity index (χ3v) is 5.72. The van der Waals surface area contributed by atoms with E-state index in [4.69, 9.17) is 4.52 Å². The molecule has 2 fully saturated rings. The van der Waals surface area contributed by atoms with E-state index in [0.717, 1.165) is 12.1 Å². The SMILES string of the molecule is Cc1nc(-c2ccc(C(=O)N[C@H](C)CN3CCC4(CC3)CC4)cc2)no1. The Morgan fingerprint density at radius 3 is 2.50 bits per heavy atom. The Labute approximate surface area is 154 Å². The van der Waals surface area contributed by atoms with Crippen LogP contribution < -0.4 is 5.32 Å². The van der Waals surface area contributed by atoms with Crippen molar-refractivity contribution in [2.75, 3.05) is 19.6 Å². The van der Waals surface area contributed by atoms with E-state index in [2.05, 4.69) is 27.3 Å². The molecule has 1 spiro atoms. The molecule has 4 rings (SSSR count). The lowest BCUT2D eigenvalue weighted by Crippen LogP contribution is -2.45. The molecule has 1 aliphatic heterocycles. The second kappa shape index (κ2) is 6.83. The van der Waals surface area contributed by atoms with E-state index < -0.39 is 0 Å². The molecule has 1 aromatic heterocycles. The number of piperidine rings is 1. The van der Waals surface area contributed by atoms with Gasteiger partial charge in [0, 0.05) is 30.6 Å². The Hall–Kier alpha value is -2.21. The first-order valence-corrected chi connectivity index (χ1v) is 9.47. The Bertz CT molecular complexity index is 769. The fourth-order valence-electron chi connectivity index (χ4n) is 3.81. The zero-order valence-electron chi connectivity index (χ0n) is 15.5. The number of amides is 1. The van der Waals surface area contributed by atoms with Crippen molar-refractivity contribution in [1.29, 1.82) is 0 Å². The Kier molecular flexibility index (Phi) is 4.53. The van der Waals surface area contributed by atoms with Gasteiger partial charge in [0.15, 0.2) is 0 Å². The van der Waals surface area contributed by atoms with Crippen LogP contribution in [0.3, 0.4) is 0 Å². The van der Waals surface area contributed by atoms with Gasteiger partial charge in [0.05, 0.1) is 0 Å². The van der Waals surface area contributed by atoms with Gasteiger partial charge in [0.2, 0.25) is 11.7 Å². The van der Waals surface area contributed by atoms with Crippen molar-refractivity contribution < 1.29 is 9.32 Å². The molecule has 6 heteroatoms. The molecule has 1 amide bonds. The molecular formula is C20H26N4O2. The van der Waals surface area contributed by atoms with Crippen molar-refractivity contribution in [2.45, 2.75) is 45.6 Å². The zero-order chi connectivity index (χ0) is 18.1. The molecule has 2 aromatic rings. The molecule has 0 bridgehead atoms. The molecule has 1 N–H and O–H groups in total. The Balaban J connectivity index is 1.29. The highest BCUT2D eigenvalue weighted by atomic mass is 16.5. The maximum Gasteiger partial charge on any atom is 0.251 e. The van der Waals surface area contributed by atoms with Gasteiger partial charge < -0.3 is 14.7 Å². The number of nitrogens with zero attached hydrogens (tertiary/aromatic N) is 3. The minimum absolute atomic E-state index is 0.0379. The summed E-state index contributed by atoms with van der Waals surface area (Å²) in [6, 6.07) is 7.45. The van der Waals surface area contributed by atoms with Gasteiger partial charge in [-0.05, 0) is 63.2 Å². The first-order valence-electron chi connectivity index (χ1n) is 9.47. The number of aryl methyl sites for hydroxylation is 1. The van der Waals surface area contributed by atoms with Crippen LogP contribution in [0.25, 0.3) is 11.4 Å². The van der Waals surface area contributed by atoms with Gasteiger partial charge in [-0.25, -0.2) is 0 Å². The number of carbonyl (C=O) groups excluding carboxylic acids is 1. The number of likely N-dealkylation sites (tertiary alicyclic amines) is 1. The summed E-state index contributed by atoms with van der Waals surface area (Å²) in [4.78, 5) is 19.2. The van der Waals surface area contributed by atoms with E-state index in [9.17, 15) is 4.79 Å². The van der Waals surface area contributed by atoms with Crippen LogP contribution in [-0.4, -0.2) is 46.6 Å².